The minimum atomic E-state index is -1.06. The summed E-state index contributed by atoms with van der Waals surface area (Å²) in [5.74, 6) is -1.66. The van der Waals surface area contributed by atoms with Gasteiger partial charge in [0.25, 0.3) is 0 Å². The van der Waals surface area contributed by atoms with Gasteiger partial charge in [0.05, 0.1) is 28.6 Å². The van der Waals surface area contributed by atoms with Crippen molar-refractivity contribution >= 4 is 23.5 Å². The highest BCUT2D eigenvalue weighted by atomic mass is 35.5. The van der Waals surface area contributed by atoms with Crippen LogP contribution in [0.5, 0.6) is 0 Å². The molecule has 0 aliphatic rings. The van der Waals surface area contributed by atoms with Crippen molar-refractivity contribution in [3.05, 3.63) is 46.2 Å². The lowest BCUT2D eigenvalue weighted by Gasteiger charge is -2.08. The summed E-state index contributed by atoms with van der Waals surface area (Å²) in [7, 11) is 0. The third kappa shape index (κ3) is 3.37. The van der Waals surface area contributed by atoms with E-state index in [0.717, 1.165) is 0 Å². The summed E-state index contributed by atoms with van der Waals surface area (Å²) >= 11 is 6.31. The maximum atomic E-state index is 12.2. The zero-order chi connectivity index (χ0) is 17.1. The van der Waals surface area contributed by atoms with Crippen LogP contribution in [0, 0.1) is 0 Å². The highest BCUT2D eigenvalue weighted by Gasteiger charge is 2.26. The fourth-order valence-corrected chi connectivity index (χ4v) is 2.53. The summed E-state index contributed by atoms with van der Waals surface area (Å²) in [6.07, 6.45) is 0. The summed E-state index contributed by atoms with van der Waals surface area (Å²) in [4.78, 5) is 23.4. The van der Waals surface area contributed by atoms with Crippen molar-refractivity contribution < 1.29 is 19.4 Å². The Bertz CT molecular complexity index is 753. The molecule has 0 spiro atoms. The van der Waals surface area contributed by atoms with Gasteiger partial charge in [-0.15, -0.1) is 0 Å². The largest absolute Gasteiger partial charge is 0.478 e. The van der Waals surface area contributed by atoms with E-state index in [1.165, 1.54) is 16.8 Å². The van der Waals surface area contributed by atoms with Crippen LogP contribution in [-0.2, 0) is 4.74 Å². The number of hydrogen-bond donors (Lipinski definition) is 1. The maximum absolute atomic E-state index is 12.2. The Hall–Kier alpha value is -2.34. The van der Waals surface area contributed by atoms with Gasteiger partial charge in [-0.05, 0) is 31.0 Å². The highest BCUT2D eigenvalue weighted by molar-refractivity contribution is 6.34. The van der Waals surface area contributed by atoms with Gasteiger partial charge >= 0.3 is 11.9 Å². The second kappa shape index (κ2) is 6.83. The molecule has 0 atom stereocenters. The van der Waals surface area contributed by atoms with Crippen molar-refractivity contribution in [2.24, 2.45) is 0 Å². The number of carboxylic acids is 1. The molecule has 0 unspecified atom stereocenters. The number of nitrogens with zero attached hydrogens (tertiary/aromatic N) is 2. The van der Waals surface area contributed by atoms with Crippen LogP contribution in [0.3, 0.4) is 0 Å². The lowest BCUT2D eigenvalue weighted by Crippen LogP contribution is -2.13. The molecule has 0 fully saturated rings. The van der Waals surface area contributed by atoms with Gasteiger partial charge in [0.2, 0.25) is 0 Å². The van der Waals surface area contributed by atoms with E-state index in [4.69, 9.17) is 21.4 Å². The summed E-state index contributed by atoms with van der Waals surface area (Å²) < 4.78 is 6.38. The quantitative estimate of drug-likeness (QED) is 0.845. The first kappa shape index (κ1) is 17.0. The molecule has 1 aromatic heterocycles. The van der Waals surface area contributed by atoms with Crippen molar-refractivity contribution in [3.63, 3.8) is 0 Å². The molecule has 122 valence electrons. The number of aromatic nitrogens is 2. The number of carbonyl (C=O) groups is 2. The summed E-state index contributed by atoms with van der Waals surface area (Å²) in [6, 6.07) is 6.13. The fourth-order valence-electron chi connectivity index (χ4n) is 2.12. The summed E-state index contributed by atoms with van der Waals surface area (Å²) in [5, 5.41) is 13.7. The van der Waals surface area contributed by atoms with Crippen LogP contribution >= 0.6 is 11.6 Å². The van der Waals surface area contributed by atoms with E-state index in [1.807, 2.05) is 13.8 Å². The number of ether oxygens (including phenoxy) is 1. The van der Waals surface area contributed by atoms with Crippen LogP contribution in [0.4, 0.5) is 0 Å². The van der Waals surface area contributed by atoms with Crippen molar-refractivity contribution in [1.82, 2.24) is 9.78 Å². The van der Waals surface area contributed by atoms with Crippen molar-refractivity contribution in [2.45, 2.75) is 26.7 Å². The number of aromatic carboxylic acids is 1. The summed E-state index contributed by atoms with van der Waals surface area (Å²) in [6.45, 7) is 5.70. The third-order valence-electron chi connectivity index (χ3n) is 3.21. The van der Waals surface area contributed by atoms with E-state index in [2.05, 4.69) is 5.10 Å². The van der Waals surface area contributed by atoms with Crippen LogP contribution in [0.15, 0.2) is 24.3 Å². The van der Waals surface area contributed by atoms with Gasteiger partial charge in [-0.25, -0.2) is 14.3 Å². The Labute approximate surface area is 138 Å². The molecule has 23 heavy (non-hydrogen) atoms. The van der Waals surface area contributed by atoms with Crippen molar-refractivity contribution in [2.75, 3.05) is 6.61 Å². The first-order valence-electron chi connectivity index (χ1n) is 7.16. The van der Waals surface area contributed by atoms with Crippen LogP contribution in [0.25, 0.3) is 5.69 Å². The molecule has 0 aliphatic heterocycles. The minimum absolute atomic E-state index is 0.000386. The van der Waals surface area contributed by atoms with E-state index in [9.17, 15) is 9.59 Å². The van der Waals surface area contributed by atoms with E-state index < -0.39 is 11.9 Å². The number of rotatable bonds is 5. The maximum Gasteiger partial charge on any atom is 0.358 e. The molecular formula is C16H17ClN2O4. The van der Waals surface area contributed by atoms with Crippen LogP contribution in [-0.4, -0.2) is 33.4 Å². The van der Waals surface area contributed by atoms with Crippen LogP contribution in [0.1, 0.15) is 53.2 Å². The third-order valence-corrected chi connectivity index (χ3v) is 3.58. The predicted molar refractivity (Wildman–Crippen MR) is 85.6 cm³/mol. The molecule has 0 amide bonds. The zero-order valence-corrected chi connectivity index (χ0v) is 13.8. The Morgan fingerprint density at radius 1 is 1.39 bits per heavy atom. The smallest absolute Gasteiger partial charge is 0.358 e. The second-order valence-corrected chi connectivity index (χ2v) is 5.57. The number of hydrogen-bond acceptors (Lipinski definition) is 4. The topological polar surface area (TPSA) is 81.4 Å². The van der Waals surface area contributed by atoms with Gasteiger partial charge in [-0.3, -0.25) is 0 Å². The second-order valence-electron chi connectivity index (χ2n) is 5.19. The molecule has 0 bridgehead atoms. The average molecular weight is 337 g/mol. The molecule has 7 heteroatoms. The normalized spacial score (nSPS) is 10.8. The Morgan fingerprint density at radius 3 is 2.65 bits per heavy atom. The van der Waals surface area contributed by atoms with Gasteiger partial charge in [0, 0.05) is 0 Å². The Kier molecular flexibility index (Phi) is 5.05. The van der Waals surface area contributed by atoms with E-state index in [-0.39, 0.29) is 28.8 Å². The lowest BCUT2D eigenvalue weighted by molar-refractivity contribution is 0.0515. The average Bonchev–Trinajstić information content (AvgIpc) is 2.85. The first-order valence-corrected chi connectivity index (χ1v) is 7.53. The van der Waals surface area contributed by atoms with E-state index >= 15 is 0 Å². The number of benzene rings is 1. The SMILES string of the molecule is CCOC(=O)c1c(Cl)c(C(C)C)nn1-c1cccc(C(=O)O)c1. The van der Waals surface area contributed by atoms with E-state index in [0.29, 0.717) is 11.4 Å². The first-order chi connectivity index (χ1) is 10.9. The highest BCUT2D eigenvalue weighted by Crippen LogP contribution is 2.29. The van der Waals surface area contributed by atoms with E-state index in [1.54, 1.807) is 19.1 Å². The van der Waals surface area contributed by atoms with Gasteiger partial charge in [-0.1, -0.05) is 31.5 Å². The van der Waals surface area contributed by atoms with Gasteiger partial charge in [0.15, 0.2) is 5.69 Å². The molecule has 1 heterocycles. The number of halogens is 1. The van der Waals surface area contributed by atoms with Gasteiger partial charge < -0.3 is 9.84 Å². The molecule has 2 rings (SSSR count). The lowest BCUT2D eigenvalue weighted by atomic mass is 10.1. The summed E-state index contributed by atoms with van der Waals surface area (Å²) in [5.41, 5.74) is 1.17. The number of carboxylic acid groups (broad SMARTS) is 1. The number of esters is 1. The molecular weight excluding hydrogens is 320 g/mol. The van der Waals surface area contributed by atoms with Crippen molar-refractivity contribution in [1.29, 1.82) is 0 Å². The monoisotopic (exact) mass is 336 g/mol. The molecule has 0 saturated carbocycles. The molecule has 6 nitrogen and oxygen atoms in total. The molecule has 2 aromatic rings. The number of carbonyl (C=O) groups excluding carboxylic acids is 1. The fraction of sp³-hybridized carbons (Fsp3) is 0.312. The molecule has 1 aromatic carbocycles. The standard InChI is InChI=1S/C16H17ClN2O4/c1-4-23-16(22)14-12(17)13(9(2)3)18-19(14)11-7-5-6-10(8-11)15(20)21/h5-9H,4H2,1-3H3,(H,20,21). The van der Waals surface area contributed by atoms with Gasteiger partial charge in [-0.2, -0.15) is 5.10 Å². The van der Waals surface area contributed by atoms with Crippen LogP contribution in [0.2, 0.25) is 5.02 Å². The zero-order valence-electron chi connectivity index (χ0n) is 13.0. The molecule has 0 saturated heterocycles. The Morgan fingerprint density at radius 2 is 2.09 bits per heavy atom. The molecule has 1 N–H and O–H groups in total. The van der Waals surface area contributed by atoms with Gasteiger partial charge in [0.1, 0.15) is 0 Å². The molecule has 0 aliphatic carbocycles. The van der Waals surface area contributed by atoms with Crippen molar-refractivity contribution in [3.8, 4) is 5.69 Å². The predicted octanol–water partition coefficient (Wildman–Crippen LogP) is 3.52. The molecule has 0 radical (unpaired) electrons. The van der Waals surface area contributed by atoms with Crippen LogP contribution < -0.4 is 0 Å². The minimum Gasteiger partial charge on any atom is -0.478 e. The Balaban J connectivity index is 2.65.